The number of hydrogen-bond acceptors (Lipinski definition) is 15. The van der Waals surface area contributed by atoms with Crippen LogP contribution in [0.5, 0.6) is 0 Å². The van der Waals surface area contributed by atoms with Gasteiger partial charge in [0.05, 0.1) is 26.4 Å². The molecule has 0 aliphatic carbocycles. The van der Waals surface area contributed by atoms with Crippen molar-refractivity contribution >= 4 is 39.5 Å². The molecule has 0 heterocycles. The Morgan fingerprint density at radius 2 is 0.505 bits per heavy atom. The molecule has 5 atom stereocenters. The number of carbonyl (C=O) groups is 4. The van der Waals surface area contributed by atoms with Gasteiger partial charge in [0.2, 0.25) is 0 Å². The first kappa shape index (κ1) is 89.1. The second-order valence-electron chi connectivity index (χ2n) is 26.5. The predicted molar refractivity (Wildman–Crippen MR) is 368 cm³/mol. The third-order valence-corrected chi connectivity index (χ3v) is 18.7. The summed E-state index contributed by atoms with van der Waals surface area (Å²) in [6, 6.07) is 0. The number of carbonyl (C=O) groups excluding carboxylic acids is 4. The quantitative estimate of drug-likeness (QED) is 0.0222. The Hall–Kier alpha value is -1.94. The SMILES string of the molecule is CCCCCCCCCCCCCCCCCCCCCCC(=O)O[C@H](COC(=O)CCCCCCCCCCCCCC)COP(=O)(O)OC[C@@H](O)COP(=O)(O)OC[C@@H](COC(=O)CCCCCCCCCC)OC(=O)CCCCCCCCCCC(C)C. The van der Waals surface area contributed by atoms with Crippen LogP contribution in [0.25, 0.3) is 0 Å². The summed E-state index contributed by atoms with van der Waals surface area (Å²) in [5.41, 5.74) is 0. The number of rotatable bonds is 72. The average molecular weight is 1340 g/mol. The topological polar surface area (TPSA) is 237 Å². The standard InChI is InChI=1S/C72H140O17P2/c1-6-9-12-15-18-21-23-25-26-27-28-29-30-31-32-34-36-42-47-52-57-71(76)88-68(62-83-70(75)56-51-46-41-35-33-24-22-19-16-13-10-7-2)64-87-91(80,81)85-60-66(73)59-84-90(78,79)86-63-67(61-82-69(74)55-50-45-40-20-17-14-11-8-3)89-72(77)58-53-48-43-38-37-39-44-49-54-65(4)5/h65-68,73H,6-64H2,1-5H3,(H,78,79)(H,80,81)/t66-,67+,68+/m0/s1. The van der Waals surface area contributed by atoms with E-state index < -0.39 is 97.5 Å². The van der Waals surface area contributed by atoms with Gasteiger partial charge < -0.3 is 33.8 Å². The summed E-state index contributed by atoms with van der Waals surface area (Å²) in [7, 11) is -9.90. The number of aliphatic hydroxyl groups is 1. The van der Waals surface area contributed by atoms with E-state index in [1.54, 1.807) is 0 Å². The van der Waals surface area contributed by atoms with Gasteiger partial charge in [-0.1, -0.05) is 324 Å². The summed E-state index contributed by atoms with van der Waals surface area (Å²) >= 11 is 0. The fraction of sp³-hybridized carbons (Fsp3) is 0.944. The van der Waals surface area contributed by atoms with E-state index in [4.69, 9.17) is 37.0 Å². The van der Waals surface area contributed by atoms with Crippen LogP contribution in [0.4, 0.5) is 0 Å². The highest BCUT2D eigenvalue weighted by Crippen LogP contribution is 2.45. The van der Waals surface area contributed by atoms with Crippen molar-refractivity contribution in [1.82, 2.24) is 0 Å². The smallest absolute Gasteiger partial charge is 0.462 e. The summed E-state index contributed by atoms with van der Waals surface area (Å²) in [5.74, 6) is -1.41. The first-order valence-corrected chi connectivity index (χ1v) is 40.6. The maximum absolute atomic E-state index is 13.0. The minimum Gasteiger partial charge on any atom is -0.462 e. The molecule has 0 spiro atoms. The number of phosphoric acid groups is 2. The van der Waals surface area contributed by atoms with Crippen molar-refractivity contribution in [3.05, 3.63) is 0 Å². The molecule has 0 rings (SSSR count). The normalized spacial score (nSPS) is 14.0. The lowest BCUT2D eigenvalue weighted by atomic mass is 10.0. The van der Waals surface area contributed by atoms with Crippen molar-refractivity contribution < 1.29 is 80.2 Å². The summed E-state index contributed by atoms with van der Waals surface area (Å²) < 4.78 is 68.3. The molecule has 3 N–H and O–H groups in total. The highest BCUT2D eigenvalue weighted by Gasteiger charge is 2.30. The average Bonchev–Trinajstić information content (AvgIpc) is 3.69. The van der Waals surface area contributed by atoms with Crippen LogP contribution in [0.2, 0.25) is 0 Å². The Morgan fingerprint density at radius 3 is 0.747 bits per heavy atom. The van der Waals surface area contributed by atoms with E-state index in [0.29, 0.717) is 25.7 Å². The largest absolute Gasteiger partial charge is 0.472 e. The number of aliphatic hydroxyl groups excluding tert-OH is 1. The minimum atomic E-state index is -4.95. The van der Waals surface area contributed by atoms with Crippen LogP contribution in [0.15, 0.2) is 0 Å². The lowest BCUT2D eigenvalue weighted by Crippen LogP contribution is -2.30. The predicted octanol–water partition coefficient (Wildman–Crippen LogP) is 20.9. The lowest BCUT2D eigenvalue weighted by molar-refractivity contribution is -0.161. The van der Waals surface area contributed by atoms with E-state index in [-0.39, 0.29) is 25.7 Å². The second-order valence-corrected chi connectivity index (χ2v) is 29.4. The van der Waals surface area contributed by atoms with E-state index in [1.165, 1.54) is 193 Å². The van der Waals surface area contributed by atoms with E-state index >= 15 is 0 Å². The molecule has 0 aliphatic heterocycles. The van der Waals surface area contributed by atoms with Gasteiger partial charge >= 0.3 is 39.5 Å². The number of hydrogen-bond donors (Lipinski definition) is 3. The molecule has 540 valence electrons. The van der Waals surface area contributed by atoms with Gasteiger partial charge in [0.15, 0.2) is 12.2 Å². The monoisotopic (exact) mass is 1340 g/mol. The fourth-order valence-corrected chi connectivity index (χ4v) is 12.6. The van der Waals surface area contributed by atoms with Crippen molar-refractivity contribution in [1.29, 1.82) is 0 Å². The van der Waals surface area contributed by atoms with Crippen LogP contribution >= 0.6 is 15.6 Å². The van der Waals surface area contributed by atoms with Gasteiger partial charge in [-0.05, 0) is 31.6 Å². The highest BCUT2D eigenvalue weighted by molar-refractivity contribution is 7.47. The molecule has 0 aliphatic rings. The molecular formula is C72H140O17P2. The zero-order valence-electron chi connectivity index (χ0n) is 59.0. The maximum Gasteiger partial charge on any atom is 0.472 e. The number of unbranched alkanes of at least 4 members (excludes halogenated alkanes) is 44. The summed E-state index contributed by atoms with van der Waals surface area (Å²) in [6.07, 6.45) is 52.9. The van der Waals surface area contributed by atoms with Gasteiger partial charge in [0, 0.05) is 25.7 Å². The number of ether oxygens (including phenoxy) is 4. The Labute approximate surface area is 556 Å². The molecule has 0 bridgehead atoms. The third-order valence-electron chi connectivity index (χ3n) is 16.8. The third kappa shape index (κ3) is 66.5. The van der Waals surface area contributed by atoms with Gasteiger partial charge in [-0.2, -0.15) is 0 Å². The first-order valence-electron chi connectivity index (χ1n) is 37.6. The van der Waals surface area contributed by atoms with Crippen LogP contribution < -0.4 is 0 Å². The van der Waals surface area contributed by atoms with Crippen LogP contribution in [0.1, 0.15) is 375 Å². The Morgan fingerprint density at radius 1 is 0.297 bits per heavy atom. The molecule has 0 saturated heterocycles. The first-order chi connectivity index (χ1) is 44.0. The van der Waals surface area contributed by atoms with Crippen molar-refractivity contribution in [2.24, 2.45) is 5.92 Å². The molecule has 0 aromatic rings. The van der Waals surface area contributed by atoms with E-state index in [9.17, 15) is 43.2 Å². The Balaban J connectivity index is 5.17. The van der Waals surface area contributed by atoms with Crippen LogP contribution in [-0.2, 0) is 65.4 Å². The van der Waals surface area contributed by atoms with Crippen molar-refractivity contribution in [2.75, 3.05) is 39.6 Å². The van der Waals surface area contributed by atoms with Crippen LogP contribution in [0, 0.1) is 5.92 Å². The van der Waals surface area contributed by atoms with Gasteiger partial charge in [-0.3, -0.25) is 37.3 Å². The molecule has 0 radical (unpaired) electrons. The zero-order valence-corrected chi connectivity index (χ0v) is 60.8. The van der Waals surface area contributed by atoms with Crippen LogP contribution in [0.3, 0.4) is 0 Å². The number of phosphoric ester groups is 2. The lowest BCUT2D eigenvalue weighted by Gasteiger charge is -2.21. The summed E-state index contributed by atoms with van der Waals surface area (Å²) in [6.45, 7) is 7.19. The van der Waals surface area contributed by atoms with Gasteiger partial charge in [0.1, 0.15) is 19.3 Å². The molecule has 0 saturated carbocycles. The summed E-state index contributed by atoms with van der Waals surface area (Å²) in [4.78, 5) is 72.5. The Bertz CT molecular complexity index is 1750. The molecule has 0 amide bonds. The van der Waals surface area contributed by atoms with Gasteiger partial charge in [0.25, 0.3) is 0 Å². The highest BCUT2D eigenvalue weighted by atomic mass is 31.2. The van der Waals surface area contributed by atoms with Crippen LogP contribution in [-0.4, -0.2) is 96.7 Å². The van der Waals surface area contributed by atoms with E-state index in [1.807, 2.05) is 0 Å². The minimum absolute atomic E-state index is 0.105. The van der Waals surface area contributed by atoms with Gasteiger partial charge in [-0.25, -0.2) is 9.13 Å². The van der Waals surface area contributed by atoms with Crippen molar-refractivity contribution in [3.63, 3.8) is 0 Å². The Kier molecular flexibility index (Phi) is 64.0. The second kappa shape index (κ2) is 65.4. The molecule has 91 heavy (non-hydrogen) atoms. The van der Waals surface area contributed by atoms with E-state index in [2.05, 4.69) is 34.6 Å². The molecule has 0 fully saturated rings. The number of esters is 4. The molecule has 19 heteroatoms. The molecule has 0 aromatic carbocycles. The van der Waals surface area contributed by atoms with E-state index in [0.717, 1.165) is 102 Å². The van der Waals surface area contributed by atoms with Crippen molar-refractivity contribution in [3.8, 4) is 0 Å². The summed E-state index contributed by atoms with van der Waals surface area (Å²) in [5, 5.41) is 10.6. The fourth-order valence-electron chi connectivity index (χ4n) is 11.0. The molecule has 2 unspecified atom stereocenters. The molecule has 0 aromatic heterocycles. The molecule has 17 nitrogen and oxygen atoms in total. The zero-order chi connectivity index (χ0) is 67.0. The maximum atomic E-state index is 13.0. The van der Waals surface area contributed by atoms with Crippen molar-refractivity contribution in [2.45, 2.75) is 393 Å². The molecular weight excluding hydrogens is 1200 g/mol. The van der Waals surface area contributed by atoms with Gasteiger partial charge in [-0.15, -0.1) is 0 Å².